The lowest BCUT2D eigenvalue weighted by Gasteiger charge is -2.29. The third-order valence-corrected chi connectivity index (χ3v) is 3.45. The fraction of sp³-hybridized carbons (Fsp3) is 0.412. The lowest BCUT2D eigenvalue weighted by Crippen LogP contribution is -2.45. The highest BCUT2D eigenvalue weighted by molar-refractivity contribution is 5.95. The molecular weight excluding hydrogens is 353 g/mol. The SMILES string of the molecule is CC1=C(C(=O)OCC(F)(F)F)[C@H](c2ccccc2OC(C)C)NC(=O)N1. The van der Waals surface area contributed by atoms with Gasteiger partial charge in [0.15, 0.2) is 6.61 Å². The van der Waals surface area contributed by atoms with E-state index in [4.69, 9.17) is 4.74 Å². The third kappa shape index (κ3) is 4.90. The maximum absolute atomic E-state index is 12.4. The van der Waals surface area contributed by atoms with E-state index in [0.717, 1.165) is 0 Å². The van der Waals surface area contributed by atoms with E-state index in [0.29, 0.717) is 11.3 Å². The van der Waals surface area contributed by atoms with E-state index in [-0.39, 0.29) is 17.4 Å². The number of hydrogen-bond acceptors (Lipinski definition) is 4. The molecule has 26 heavy (non-hydrogen) atoms. The molecule has 0 aromatic heterocycles. The van der Waals surface area contributed by atoms with Crippen LogP contribution in [0.5, 0.6) is 5.75 Å². The highest BCUT2D eigenvalue weighted by Gasteiger charge is 2.36. The molecule has 1 aliphatic heterocycles. The molecule has 0 bridgehead atoms. The number of halogens is 3. The predicted octanol–water partition coefficient (Wildman–Crippen LogP) is 3.21. The van der Waals surface area contributed by atoms with Crippen molar-refractivity contribution in [3.8, 4) is 5.75 Å². The van der Waals surface area contributed by atoms with Gasteiger partial charge in [0.05, 0.1) is 17.7 Å². The zero-order valence-electron chi connectivity index (χ0n) is 14.4. The van der Waals surface area contributed by atoms with Gasteiger partial charge in [0.1, 0.15) is 5.75 Å². The number of carbonyl (C=O) groups is 2. The van der Waals surface area contributed by atoms with Gasteiger partial charge in [0.25, 0.3) is 0 Å². The number of rotatable bonds is 5. The number of urea groups is 1. The van der Waals surface area contributed by atoms with Crippen molar-refractivity contribution < 1.29 is 32.2 Å². The fourth-order valence-electron chi connectivity index (χ4n) is 2.50. The van der Waals surface area contributed by atoms with Crippen LogP contribution in [0.25, 0.3) is 0 Å². The number of allylic oxidation sites excluding steroid dienone is 1. The first-order valence-electron chi connectivity index (χ1n) is 7.86. The summed E-state index contributed by atoms with van der Waals surface area (Å²) in [5, 5.41) is 4.91. The van der Waals surface area contributed by atoms with Crippen molar-refractivity contribution in [1.82, 2.24) is 10.6 Å². The number of esters is 1. The van der Waals surface area contributed by atoms with Crippen LogP contribution in [0.1, 0.15) is 32.4 Å². The Morgan fingerprint density at radius 1 is 1.27 bits per heavy atom. The van der Waals surface area contributed by atoms with Crippen molar-refractivity contribution in [2.24, 2.45) is 0 Å². The van der Waals surface area contributed by atoms with Gasteiger partial charge in [-0.2, -0.15) is 13.2 Å². The molecule has 1 aromatic rings. The average Bonchev–Trinajstić information content (AvgIpc) is 2.51. The molecule has 142 valence electrons. The van der Waals surface area contributed by atoms with E-state index < -0.39 is 30.8 Å². The van der Waals surface area contributed by atoms with Gasteiger partial charge < -0.3 is 20.1 Å². The maximum Gasteiger partial charge on any atom is 0.422 e. The van der Waals surface area contributed by atoms with Gasteiger partial charge in [0, 0.05) is 11.3 Å². The normalized spacial score (nSPS) is 17.7. The van der Waals surface area contributed by atoms with Crippen LogP contribution < -0.4 is 15.4 Å². The maximum atomic E-state index is 12.4. The number of amides is 2. The highest BCUT2D eigenvalue weighted by atomic mass is 19.4. The second kappa shape index (κ2) is 7.67. The molecule has 0 saturated carbocycles. The highest BCUT2D eigenvalue weighted by Crippen LogP contribution is 2.34. The van der Waals surface area contributed by atoms with E-state index in [9.17, 15) is 22.8 Å². The van der Waals surface area contributed by atoms with E-state index in [1.54, 1.807) is 38.1 Å². The Hall–Kier alpha value is -2.71. The largest absolute Gasteiger partial charge is 0.491 e. The van der Waals surface area contributed by atoms with Crippen LogP contribution in [0.2, 0.25) is 0 Å². The molecule has 1 aromatic carbocycles. The van der Waals surface area contributed by atoms with Crippen molar-refractivity contribution in [2.75, 3.05) is 6.61 Å². The molecule has 2 N–H and O–H groups in total. The van der Waals surface area contributed by atoms with Crippen LogP contribution in [-0.4, -0.2) is 30.9 Å². The summed E-state index contributed by atoms with van der Waals surface area (Å²) in [4.78, 5) is 24.1. The van der Waals surface area contributed by atoms with Gasteiger partial charge >= 0.3 is 18.2 Å². The Bertz CT molecular complexity index is 729. The van der Waals surface area contributed by atoms with E-state index in [1.165, 1.54) is 6.92 Å². The number of nitrogens with one attached hydrogen (secondary N) is 2. The monoisotopic (exact) mass is 372 g/mol. The molecule has 0 aliphatic carbocycles. The number of ether oxygens (including phenoxy) is 2. The zero-order chi connectivity index (χ0) is 19.5. The Morgan fingerprint density at radius 2 is 1.92 bits per heavy atom. The number of hydrogen-bond donors (Lipinski definition) is 2. The molecule has 6 nitrogen and oxygen atoms in total. The molecule has 0 unspecified atom stereocenters. The Balaban J connectivity index is 2.40. The molecule has 0 saturated heterocycles. The van der Waals surface area contributed by atoms with E-state index >= 15 is 0 Å². The van der Waals surface area contributed by atoms with Crippen LogP contribution >= 0.6 is 0 Å². The van der Waals surface area contributed by atoms with Crippen molar-refractivity contribution >= 4 is 12.0 Å². The first-order valence-corrected chi connectivity index (χ1v) is 7.86. The third-order valence-electron chi connectivity index (χ3n) is 3.45. The Labute approximate surface area is 148 Å². The Morgan fingerprint density at radius 3 is 2.54 bits per heavy atom. The summed E-state index contributed by atoms with van der Waals surface area (Å²) in [5.41, 5.74) is 0.438. The summed E-state index contributed by atoms with van der Waals surface area (Å²) >= 11 is 0. The van der Waals surface area contributed by atoms with Crippen molar-refractivity contribution in [3.05, 3.63) is 41.1 Å². The standard InChI is InChI=1S/C17H19F3N2O4/c1-9(2)26-12-7-5-4-6-11(12)14-13(10(3)21-16(24)22-14)15(23)25-8-17(18,19)20/h4-7,9,14H,8H2,1-3H3,(H2,21,22,24)/t14-/m0/s1. The number of para-hydroxylation sites is 1. The summed E-state index contributed by atoms with van der Waals surface area (Å²) < 4.78 is 47.2. The lowest BCUT2D eigenvalue weighted by atomic mass is 9.95. The van der Waals surface area contributed by atoms with Gasteiger partial charge in [-0.3, -0.25) is 0 Å². The molecular formula is C17H19F3N2O4. The molecule has 1 heterocycles. The van der Waals surface area contributed by atoms with Crippen molar-refractivity contribution in [1.29, 1.82) is 0 Å². The van der Waals surface area contributed by atoms with Crippen LogP contribution in [0.15, 0.2) is 35.5 Å². The second-order valence-corrected chi connectivity index (χ2v) is 5.97. The summed E-state index contributed by atoms with van der Waals surface area (Å²) in [6, 6.07) is 5.07. The van der Waals surface area contributed by atoms with Crippen molar-refractivity contribution in [3.63, 3.8) is 0 Å². The fourth-order valence-corrected chi connectivity index (χ4v) is 2.50. The smallest absolute Gasteiger partial charge is 0.422 e. The lowest BCUT2D eigenvalue weighted by molar-refractivity contribution is -0.183. The van der Waals surface area contributed by atoms with Crippen LogP contribution in [0.4, 0.5) is 18.0 Å². The summed E-state index contributed by atoms with van der Waals surface area (Å²) in [5.74, 6) is -0.764. The summed E-state index contributed by atoms with van der Waals surface area (Å²) in [6.45, 7) is 3.31. The summed E-state index contributed by atoms with van der Waals surface area (Å²) in [6.07, 6.45) is -4.83. The molecule has 9 heteroatoms. The Kier molecular flexibility index (Phi) is 5.79. The molecule has 0 radical (unpaired) electrons. The van der Waals surface area contributed by atoms with Gasteiger partial charge in [-0.05, 0) is 26.8 Å². The minimum absolute atomic E-state index is 0.116. The first kappa shape index (κ1) is 19.6. The van der Waals surface area contributed by atoms with Gasteiger partial charge in [-0.25, -0.2) is 9.59 Å². The summed E-state index contributed by atoms with van der Waals surface area (Å²) in [7, 11) is 0. The second-order valence-electron chi connectivity index (χ2n) is 5.97. The number of benzene rings is 1. The zero-order valence-corrected chi connectivity index (χ0v) is 14.4. The average molecular weight is 372 g/mol. The molecule has 2 rings (SSSR count). The van der Waals surface area contributed by atoms with Crippen molar-refractivity contribution in [2.45, 2.75) is 39.1 Å². The van der Waals surface area contributed by atoms with Crippen LogP contribution in [-0.2, 0) is 9.53 Å². The molecule has 0 fully saturated rings. The molecule has 2 amide bonds. The quantitative estimate of drug-likeness (QED) is 0.779. The number of carbonyl (C=O) groups excluding carboxylic acids is 2. The molecule has 0 spiro atoms. The predicted molar refractivity (Wildman–Crippen MR) is 86.3 cm³/mol. The van der Waals surface area contributed by atoms with Crippen LogP contribution in [0.3, 0.4) is 0 Å². The van der Waals surface area contributed by atoms with Gasteiger partial charge in [0.2, 0.25) is 0 Å². The first-order chi connectivity index (χ1) is 12.1. The van der Waals surface area contributed by atoms with Gasteiger partial charge in [-0.1, -0.05) is 18.2 Å². The molecule has 1 atom stereocenters. The van der Waals surface area contributed by atoms with E-state index in [2.05, 4.69) is 15.4 Å². The van der Waals surface area contributed by atoms with Crippen LogP contribution in [0, 0.1) is 0 Å². The number of alkyl halides is 3. The minimum Gasteiger partial charge on any atom is -0.491 e. The van der Waals surface area contributed by atoms with Gasteiger partial charge in [-0.15, -0.1) is 0 Å². The minimum atomic E-state index is -4.65. The van der Waals surface area contributed by atoms with E-state index in [1.807, 2.05) is 0 Å². The molecule has 1 aliphatic rings. The topological polar surface area (TPSA) is 76.7 Å².